The molecule has 26 heavy (non-hydrogen) atoms. The molecule has 0 atom stereocenters. The molecule has 1 heterocycles. The van der Waals surface area contributed by atoms with Crippen LogP contribution in [0.4, 0.5) is 0 Å². The Balaban J connectivity index is 1.62. The van der Waals surface area contributed by atoms with Gasteiger partial charge in [-0.05, 0) is 59.7 Å². The molecule has 0 aliphatic heterocycles. The molecule has 1 aromatic heterocycles. The summed E-state index contributed by atoms with van der Waals surface area (Å²) in [6, 6.07) is 15.1. The van der Waals surface area contributed by atoms with E-state index in [1.165, 1.54) is 11.0 Å². The van der Waals surface area contributed by atoms with Crippen LogP contribution in [0.3, 0.4) is 0 Å². The zero-order valence-electron chi connectivity index (χ0n) is 14.8. The molecule has 0 radical (unpaired) electrons. The van der Waals surface area contributed by atoms with E-state index in [4.69, 9.17) is 4.74 Å². The Morgan fingerprint density at radius 2 is 1.85 bits per heavy atom. The summed E-state index contributed by atoms with van der Waals surface area (Å²) >= 11 is 0. The maximum Gasteiger partial charge on any atom is 0.251 e. The van der Waals surface area contributed by atoms with E-state index in [0.29, 0.717) is 18.7 Å². The van der Waals surface area contributed by atoms with Crippen LogP contribution in [-0.2, 0) is 17.9 Å². The summed E-state index contributed by atoms with van der Waals surface area (Å²) < 4.78 is 7.21. The SMILES string of the molecule is CC(C)OCc1ccccc1CNC(=O)c1ccc(-n2cnnn2)cc1. The molecule has 134 valence electrons. The van der Waals surface area contributed by atoms with E-state index in [2.05, 4.69) is 20.8 Å². The van der Waals surface area contributed by atoms with E-state index in [1.54, 1.807) is 24.3 Å². The van der Waals surface area contributed by atoms with Crippen LogP contribution in [0.15, 0.2) is 54.9 Å². The summed E-state index contributed by atoms with van der Waals surface area (Å²) in [7, 11) is 0. The minimum Gasteiger partial charge on any atom is -0.374 e. The van der Waals surface area contributed by atoms with Gasteiger partial charge in [0.1, 0.15) is 6.33 Å². The first-order valence-electron chi connectivity index (χ1n) is 8.43. The number of aromatic nitrogens is 4. The maximum atomic E-state index is 12.4. The zero-order valence-corrected chi connectivity index (χ0v) is 14.8. The van der Waals surface area contributed by atoms with E-state index in [-0.39, 0.29) is 12.0 Å². The highest BCUT2D eigenvalue weighted by atomic mass is 16.5. The van der Waals surface area contributed by atoms with Crippen molar-refractivity contribution in [3.63, 3.8) is 0 Å². The minimum absolute atomic E-state index is 0.132. The van der Waals surface area contributed by atoms with Gasteiger partial charge in [-0.1, -0.05) is 24.3 Å². The highest BCUT2D eigenvalue weighted by molar-refractivity contribution is 5.94. The lowest BCUT2D eigenvalue weighted by atomic mass is 10.1. The van der Waals surface area contributed by atoms with Crippen molar-refractivity contribution in [3.05, 3.63) is 71.5 Å². The lowest BCUT2D eigenvalue weighted by molar-refractivity contribution is 0.0651. The predicted octanol–water partition coefficient (Wildman–Crippen LogP) is 2.52. The van der Waals surface area contributed by atoms with Gasteiger partial charge < -0.3 is 10.1 Å². The number of carbonyl (C=O) groups excluding carboxylic acids is 1. The van der Waals surface area contributed by atoms with Crippen molar-refractivity contribution in [2.75, 3.05) is 0 Å². The lowest BCUT2D eigenvalue weighted by Gasteiger charge is -2.13. The van der Waals surface area contributed by atoms with Crippen molar-refractivity contribution >= 4 is 5.91 Å². The summed E-state index contributed by atoms with van der Waals surface area (Å²) in [6.45, 7) is 4.99. The molecule has 7 heteroatoms. The average molecular weight is 351 g/mol. The number of rotatable bonds is 7. The molecule has 0 saturated carbocycles. The van der Waals surface area contributed by atoms with Gasteiger partial charge in [0.05, 0.1) is 18.4 Å². The van der Waals surface area contributed by atoms with Gasteiger partial charge in [0, 0.05) is 12.1 Å². The van der Waals surface area contributed by atoms with Gasteiger partial charge in [-0.15, -0.1) is 5.10 Å². The Morgan fingerprint density at radius 3 is 2.50 bits per heavy atom. The van der Waals surface area contributed by atoms with Crippen LogP contribution >= 0.6 is 0 Å². The standard InChI is InChI=1S/C19H21N5O2/c1-14(2)26-12-17-6-4-3-5-16(17)11-20-19(25)15-7-9-18(10-8-15)24-13-21-22-23-24/h3-10,13-14H,11-12H2,1-2H3,(H,20,25). The van der Waals surface area contributed by atoms with Crippen molar-refractivity contribution in [2.24, 2.45) is 0 Å². The monoisotopic (exact) mass is 351 g/mol. The quantitative estimate of drug-likeness (QED) is 0.707. The topological polar surface area (TPSA) is 81.9 Å². The molecule has 3 rings (SSSR count). The van der Waals surface area contributed by atoms with E-state index >= 15 is 0 Å². The molecule has 0 aliphatic rings. The molecule has 0 unspecified atom stereocenters. The van der Waals surface area contributed by atoms with E-state index < -0.39 is 0 Å². The number of hydrogen-bond acceptors (Lipinski definition) is 5. The molecule has 0 saturated heterocycles. The summed E-state index contributed by atoms with van der Waals surface area (Å²) in [6.07, 6.45) is 1.67. The number of tetrazole rings is 1. The third-order valence-electron chi connectivity index (χ3n) is 3.87. The predicted molar refractivity (Wildman–Crippen MR) is 96.7 cm³/mol. The van der Waals surface area contributed by atoms with Crippen molar-refractivity contribution in [2.45, 2.75) is 33.1 Å². The van der Waals surface area contributed by atoms with Crippen LogP contribution in [0, 0.1) is 0 Å². The number of amides is 1. The van der Waals surface area contributed by atoms with Gasteiger partial charge in [-0.3, -0.25) is 4.79 Å². The Hall–Kier alpha value is -3.06. The van der Waals surface area contributed by atoms with Crippen LogP contribution in [0.2, 0.25) is 0 Å². The number of nitrogens with one attached hydrogen (secondary N) is 1. The molecule has 0 bridgehead atoms. The van der Waals surface area contributed by atoms with Gasteiger partial charge >= 0.3 is 0 Å². The van der Waals surface area contributed by atoms with Crippen LogP contribution in [0.5, 0.6) is 0 Å². The summed E-state index contributed by atoms with van der Waals surface area (Å²) in [5.41, 5.74) is 3.50. The number of benzene rings is 2. The second kappa shape index (κ2) is 8.35. The third kappa shape index (κ3) is 4.52. The van der Waals surface area contributed by atoms with E-state index in [1.807, 2.05) is 38.1 Å². The summed E-state index contributed by atoms with van der Waals surface area (Å²) in [4.78, 5) is 12.4. The first-order valence-corrected chi connectivity index (χ1v) is 8.43. The van der Waals surface area contributed by atoms with Gasteiger partial charge in [0.2, 0.25) is 0 Å². The summed E-state index contributed by atoms with van der Waals surface area (Å²) in [5.74, 6) is -0.132. The average Bonchev–Trinajstić information content (AvgIpc) is 3.20. The minimum atomic E-state index is -0.132. The van der Waals surface area contributed by atoms with Crippen LogP contribution in [0.25, 0.3) is 5.69 Å². The van der Waals surface area contributed by atoms with Gasteiger partial charge in [0.15, 0.2) is 0 Å². The highest BCUT2D eigenvalue weighted by Crippen LogP contribution is 2.12. The van der Waals surface area contributed by atoms with Gasteiger partial charge in [0.25, 0.3) is 5.91 Å². The van der Waals surface area contributed by atoms with Crippen LogP contribution in [-0.4, -0.2) is 32.2 Å². The molecule has 0 spiro atoms. The molecule has 0 aliphatic carbocycles. The van der Waals surface area contributed by atoms with Crippen molar-refractivity contribution in [1.82, 2.24) is 25.5 Å². The molecule has 3 aromatic rings. The Bertz CT molecular complexity index is 845. The molecular formula is C19H21N5O2. The van der Waals surface area contributed by atoms with Crippen molar-refractivity contribution in [1.29, 1.82) is 0 Å². The van der Waals surface area contributed by atoms with E-state index in [0.717, 1.165) is 16.8 Å². The normalized spacial score (nSPS) is 10.9. The second-order valence-electron chi connectivity index (χ2n) is 6.11. The molecule has 0 fully saturated rings. The Morgan fingerprint density at radius 1 is 1.12 bits per heavy atom. The van der Waals surface area contributed by atoms with Crippen LogP contribution < -0.4 is 5.32 Å². The Labute approximate surface area is 152 Å². The number of hydrogen-bond donors (Lipinski definition) is 1. The summed E-state index contributed by atoms with van der Waals surface area (Å²) in [5, 5.41) is 14.0. The molecule has 7 nitrogen and oxygen atoms in total. The molecule has 1 N–H and O–H groups in total. The first kappa shape index (κ1) is 17.8. The Kier molecular flexibility index (Phi) is 5.70. The smallest absolute Gasteiger partial charge is 0.251 e. The number of nitrogens with zero attached hydrogens (tertiary/aromatic N) is 4. The number of carbonyl (C=O) groups is 1. The molecule has 1 amide bonds. The van der Waals surface area contributed by atoms with Crippen LogP contribution in [0.1, 0.15) is 35.3 Å². The zero-order chi connectivity index (χ0) is 18.4. The highest BCUT2D eigenvalue weighted by Gasteiger charge is 2.08. The van der Waals surface area contributed by atoms with E-state index in [9.17, 15) is 4.79 Å². The largest absolute Gasteiger partial charge is 0.374 e. The molecule has 2 aromatic carbocycles. The fraction of sp³-hybridized carbons (Fsp3) is 0.263. The van der Waals surface area contributed by atoms with Gasteiger partial charge in [-0.25, -0.2) is 4.68 Å². The van der Waals surface area contributed by atoms with Gasteiger partial charge in [-0.2, -0.15) is 0 Å². The number of ether oxygens (including phenoxy) is 1. The maximum absolute atomic E-state index is 12.4. The fourth-order valence-corrected chi connectivity index (χ4v) is 2.45. The van der Waals surface area contributed by atoms with Crippen molar-refractivity contribution in [3.8, 4) is 5.69 Å². The van der Waals surface area contributed by atoms with Crippen molar-refractivity contribution < 1.29 is 9.53 Å². The first-order chi connectivity index (χ1) is 12.6. The molecular weight excluding hydrogens is 330 g/mol. The second-order valence-corrected chi connectivity index (χ2v) is 6.11. The lowest BCUT2D eigenvalue weighted by Crippen LogP contribution is -2.23. The fourth-order valence-electron chi connectivity index (χ4n) is 2.45. The third-order valence-corrected chi connectivity index (χ3v) is 3.87.